The summed E-state index contributed by atoms with van der Waals surface area (Å²) in [5, 5.41) is 4.91. The molecule has 1 aromatic carbocycles. The molecule has 0 aliphatic carbocycles. The van der Waals surface area contributed by atoms with E-state index >= 15 is 0 Å². The van der Waals surface area contributed by atoms with Gasteiger partial charge in [0, 0.05) is 49.0 Å². The third-order valence-electron chi connectivity index (χ3n) is 6.97. The van der Waals surface area contributed by atoms with E-state index in [-0.39, 0.29) is 5.91 Å². The quantitative estimate of drug-likeness (QED) is 0.298. The van der Waals surface area contributed by atoms with Gasteiger partial charge in [-0.3, -0.25) is 14.7 Å². The lowest BCUT2D eigenvalue weighted by Crippen LogP contribution is -2.37. The Kier molecular flexibility index (Phi) is 8.19. The van der Waals surface area contributed by atoms with E-state index in [1.807, 2.05) is 47.4 Å². The number of nitrogens with one attached hydrogen (secondary N) is 1. The van der Waals surface area contributed by atoms with E-state index in [1.165, 1.54) is 5.56 Å². The first kappa shape index (κ1) is 26.6. The number of morpholine rings is 1. The standard InChI is InChI=1S/C29H29ClN6O3S/c30-23-16-20(6-7-24(23)39-18-21-4-1-2-9-31-21)34-28-27-22-8-11-36(17-25(22)40-29(27)33-19-32-28)26(37)5-3-10-35-12-14-38-15-13-35/h1-7,9,16,19H,8,10-15,17-18H2,(H,32,33,34). The zero-order valence-electron chi connectivity index (χ0n) is 21.9. The molecule has 2 aliphatic rings. The molecule has 0 bridgehead atoms. The van der Waals surface area contributed by atoms with Crippen molar-refractivity contribution in [2.45, 2.75) is 19.6 Å². The molecule has 5 heterocycles. The van der Waals surface area contributed by atoms with Crippen LogP contribution in [0.1, 0.15) is 16.1 Å². The van der Waals surface area contributed by atoms with Crippen LogP contribution in [0.4, 0.5) is 11.5 Å². The summed E-state index contributed by atoms with van der Waals surface area (Å²) in [6.07, 6.45) is 7.71. The Balaban J connectivity index is 1.13. The average Bonchev–Trinajstić information content (AvgIpc) is 3.37. The SMILES string of the molecule is O=C(C=CCN1CCOCC1)N1CCc2c(sc3ncnc(Nc4ccc(OCc5ccccn5)c(Cl)c4)c23)C1. The van der Waals surface area contributed by atoms with Gasteiger partial charge in [-0.1, -0.05) is 23.7 Å². The molecule has 0 spiro atoms. The van der Waals surface area contributed by atoms with Crippen LogP contribution >= 0.6 is 22.9 Å². The van der Waals surface area contributed by atoms with Crippen molar-refractivity contribution in [1.29, 1.82) is 0 Å². The summed E-state index contributed by atoms with van der Waals surface area (Å²) in [6, 6.07) is 11.3. The van der Waals surface area contributed by atoms with Crippen LogP contribution in [-0.2, 0) is 29.1 Å². The lowest BCUT2D eigenvalue weighted by Gasteiger charge is -2.27. The molecule has 1 amide bonds. The molecule has 11 heteroatoms. The third-order valence-corrected chi connectivity index (χ3v) is 8.39. The van der Waals surface area contributed by atoms with Crippen LogP contribution in [0.25, 0.3) is 10.2 Å². The Morgan fingerprint density at radius 1 is 1.15 bits per heavy atom. The molecule has 6 rings (SSSR count). The van der Waals surface area contributed by atoms with Gasteiger partial charge < -0.3 is 19.7 Å². The Morgan fingerprint density at radius 3 is 2.88 bits per heavy atom. The van der Waals surface area contributed by atoms with Crippen molar-refractivity contribution >= 4 is 50.6 Å². The van der Waals surface area contributed by atoms with Gasteiger partial charge in [0.15, 0.2) is 0 Å². The predicted molar refractivity (Wildman–Crippen MR) is 156 cm³/mol. The summed E-state index contributed by atoms with van der Waals surface area (Å²) in [5.41, 5.74) is 2.83. The predicted octanol–water partition coefficient (Wildman–Crippen LogP) is 4.84. The number of halogens is 1. The molecule has 2 aliphatic heterocycles. The number of pyridine rings is 1. The molecule has 0 unspecified atom stereocenters. The van der Waals surface area contributed by atoms with E-state index in [1.54, 1.807) is 29.9 Å². The molecule has 206 valence electrons. The number of carbonyl (C=O) groups excluding carboxylic acids is 1. The summed E-state index contributed by atoms with van der Waals surface area (Å²) < 4.78 is 11.2. The summed E-state index contributed by atoms with van der Waals surface area (Å²) in [6.45, 7) is 5.64. The molecule has 40 heavy (non-hydrogen) atoms. The molecule has 4 aromatic rings. The van der Waals surface area contributed by atoms with Crippen molar-refractivity contribution in [2.24, 2.45) is 0 Å². The van der Waals surface area contributed by atoms with Gasteiger partial charge in [-0.15, -0.1) is 11.3 Å². The highest BCUT2D eigenvalue weighted by molar-refractivity contribution is 7.19. The van der Waals surface area contributed by atoms with Gasteiger partial charge in [0.05, 0.1) is 35.9 Å². The fourth-order valence-electron chi connectivity index (χ4n) is 4.87. The Labute approximate surface area is 241 Å². The fraction of sp³-hybridized carbons (Fsp3) is 0.310. The van der Waals surface area contributed by atoms with Gasteiger partial charge in [-0.25, -0.2) is 9.97 Å². The van der Waals surface area contributed by atoms with Crippen molar-refractivity contribution in [3.05, 3.63) is 82.2 Å². The van der Waals surface area contributed by atoms with E-state index in [0.29, 0.717) is 30.5 Å². The van der Waals surface area contributed by atoms with Crippen LogP contribution in [0.2, 0.25) is 5.02 Å². The van der Waals surface area contributed by atoms with Crippen LogP contribution in [0.15, 0.2) is 61.1 Å². The molecule has 1 fully saturated rings. The molecule has 9 nitrogen and oxygen atoms in total. The normalized spacial score (nSPS) is 15.9. The van der Waals surface area contributed by atoms with Gasteiger partial charge in [0.25, 0.3) is 0 Å². The van der Waals surface area contributed by atoms with Gasteiger partial charge >= 0.3 is 0 Å². The number of rotatable bonds is 8. The highest BCUT2D eigenvalue weighted by atomic mass is 35.5. The fourth-order valence-corrected chi connectivity index (χ4v) is 6.31. The van der Waals surface area contributed by atoms with E-state index in [9.17, 15) is 4.79 Å². The topological polar surface area (TPSA) is 92.7 Å². The lowest BCUT2D eigenvalue weighted by atomic mass is 10.0. The largest absolute Gasteiger partial charge is 0.486 e. The Bertz CT molecular complexity index is 1520. The number of anilines is 2. The van der Waals surface area contributed by atoms with Crippen molar-refractivity contribution in [3.8, 4) is 5.75 Å². The summed E-state index contributed by atoms with van der Waals surface area (Å²) in [5.74, 6) is 1.36. The highest BCUT2D eigenvalue weighted by Crippen LogP contribution is 2.38. The Hall–Kier alpha value is -3.57. The van der Waals surface area contributed by atoms with Gasteiger partial charge in [0.1, 0.15) is 29.3 Å². The van der Waals surface area contributed by atoms with Crippen molar-refractivity contribution in [2.75, 3.05) is 44.7 Å². The Morgan fingerprint density at radius 2 is 2.05 bits per heavy atom. The summed E-state index contributed by atoms with van der Waals surface area (Å²) in [7, 11) is 0. The molecular weight excluding hydrogens is 548 g/mol. The van der Waals surface area contributed by atoms with Crippen LogP contribution in [0.3, 0.4) is 0 Å². The summed E-state index contributed by atoms with van der Waals surface area (Å²) >= 11 is 8.15. The molecule has 0 radical (unpaired) electrons. The minimum Gasteiger partial charge on any atom is -0.486 e. The first-order chi connectivity index (χ1) is 19.6. The third kappa shape index (κ3) is 6.10. The minimum absolute atomic E-state index is 0.0424. The maximum absolute atomic E-state index is 12.9. The van der Waals surface area contributed by atoms with E-state index in [4.69, 9.17) is 21.1 Å². The summed E-state index contributed by atoms with van der Waals surface area (Å²) in [4.78, 5) is 32.5. The molecule has 1 saturated heterocycles. The molecular formula is C29H29ClN6O3S. The second-order valence-corrected chi connectivity index (χ2v) is 11.1. The second kappa shape index (κ2) is 12.3. The average molecular weight is 577 g/mol. The zero-order chi connectivity index (χ0) is 27.3. The number of fused-ring (bicyclic) bond motifs is 3. The number of thiophene rings is 1. The van der Waals surface area contributed by atoms with E-state index < -0.39 is 0 Å². The van der Waals surface area contributed by atoms with E-state index in [0.717, 1.165) is 71.6 Å². The van der Waals surface area contributed by atoms with E-state index in [2.05, 4.69) is 25.2 Å². The lowest BCUT2D eigenvalue weighted by molar-refractivity contribution is -0.126. The maximum Gasteiger partial charge on any atom is 0.246 e. The van der Waals surface area contributed by atoms with Gasteiger partial charge in [-0.05, 0) is 42.3 Å². The van der Waals surface area contributed by atoms with Crippen molar-refractivity contribution in [3.63, 3.8) is 0 Å². The van der Waals surface area contributed by atoms with Crippen LogP contribution < -0.4 is 10.1 Å². The van der Waals surface area contributed by atoms with Crippen LogP contribution in [0, 0.1) is 0 Å². The monoisotopic (exact) mass is 576 g/mol. The number of nitrogens with zero attached hydrogens (tertiary/aromatic N) is 5. The number of benzene rings is 1. The first-order valence-electron chi connectivity index (χ1n) is 13.2. The minimum atomic E-state index is 0.0424. The number of ether oxygens (including phenoxy) is 2. The van der Waals surface area contributed by atoms with Gasteiger partial charge in [0.2, 0.25) is 5.91 Å². The molecule has 0 saturated carbocycles. The molecule has 1 N–H and O–H groups in total. The molecule has 0 atom stereocenters. The zero-order valence-corrected chi connectivity index (χ0v) is 23.5. The van der Waals surface area contributed by atoms with Crippen molar-refractivity contribution < 1.29 is 14.3 Å². The maximum atomic E-state index is 12.9. The van der Waals surface area contributed by atoms with Gasteiger partial charge in [-0.2, -0.15) is 0 Å². The number of carbonyl (C=O) groups is 1. The number of aromatic nitrogens is 3. The first-order valence-corrected chi connectivity index (χ1v) is 14.4. The van der Waals surface area contributed by atoms with Crippen molar-refractivity contribution in [1.82, 2.24) is 24.8 Å². The van der Waals surface area contributed by atoms with Crippen LogP contribution in [0.5, 0.6) is 5.75 Å². The second-order valence-electron chi connectivity index (χ2n) is 9.61. The smallest absolute Gasteiger partial charge is 0.246 e. The number of hydrogen-bond donors (Lipinski definition) is 1. The molecule has 3 aromatic heterocycles. The van der Waals surface area contributed by atoms with Crippen LogP contribution in [-0.4, -0.2) is 70.1 Å². The number of hydrogen-bond acceptors (Lipinski definition) is 9. The highest BCUT2D eigenvalue weighted by Gasteiger charge is 2.25. The number of amides is 1.